The van der Waals surface area contributed by atoms with Gasteiger partial charge in [-0.2, -0.15) is 0 Å². The second kappa shape index (κ2) is 7.37. The van der Waals surface area contributed by atoms with E-state index in [0.717, 1.165) is 11.1 Å². The van der Waals surface area contributed by atoms with Crippen molar-refractivity contribution in [2.24, 2.45) is 0 Å². The highest BCUT2D eigenvalue weighted by Crippen LogP contribution is 2.25. The van der Waals surface area contributed by atoms with Gasteiger partial charge in [0.05, 0.1) is 4.92 Å². The number of nitrogens with one attached hydrogen (secondary N) is 2. The van der Waals surface area contributed by atoms with Gasteiger partial charge in [-0.05, 0) is 35.7 Å². The van der Waals surface area contributed by atoms with Crippen molar-refractivity contribution in [1.29, 1.82) is 0 Å². The molecule has 5 nitrogen and oxygen atoms in total. The van der Waals surface area contributed by atoms with Crippen LogP contribution in [-0.2, 0) is 0 Å². The maximum atomic E-state index is 11.0. The first-order valence-electron chi connectivity index (χ1n) is 8.41. The number of fused-ring (bicyclic) bond motifs is 1. The Morgan fingerprint density at radius 1 is 1.12 bits per heavy atom. The highest BCUT2D eigenvalue weighted by atomic mass is 16.6. The molecule has 0 aliphatic carbocycles. The minimum absolute atomic E-state index is 0.0249. The third-order valence-electron chi connectivity index (χ3n) is 4.49. The SMILES string of the molecule is C=C(NNC(C)c1cccc2ccccc12)c1cc([N+](=O)[O-])ccc1C. The maximum Gasteiger partial charge on any atom is 0.270 e. The first kappa shape index (κ1) is 17.6. The second-order valence-corrected chi connectivity index (χ2v) is 6.29. The molecule has 3 rings (SSSR count). The molecule has 0 aliphatic heterocycles. The van der Waals surface area contributed by atoms with E-state index in [0.29, 0.717) is 5.70 Å². The van der Waals surface area contributed by atoms with Crippen LogP contribution in [0, 0.1) is 17.0 Å². The van der Waals surface area contributed by atoms with Gasteiger partial charge in [-0.15, -0.1) is 0 Å². The maximum absolute atomic E-state index is 11.0. The number of rotatable bonds is 6. The van der Waals surface area contributed by atoms with Crippen molar-refractivity contribution >= 4 is 22.2 Å². The molecule has 1 unspecified atom stereocenters. The number of nitro groups is 1. The number of aryl methyl sites for hydroxylation is 1. The van der Waals surface area contributed by atoms with Gasteiger partial charge >= 0.3 is 0 Å². The summed E-state index contributed by atoms with van der Waals surface area (Å²) in [6.45, 7) is 7.98. The molecule has 132 valence electrons. The molecular formula is C21H21N3O2. The van der Waals surface area contributed by atoms with Gasteiger partial charge < -0.3 is 5.43 Å². The molecule has 0 aromatic heterocycles. The molecule has 0 radical (unpaired) electrons. The number of hydrogen-bond acceptors (Lipinski definition) is 4. The first-order valence-corrected chi connectivity index (χ1v) is 8.41. The van der Waals surface area contributed by atoms with Gasteiger partial charge in [0.15, 0.2) is 0 Å². The lowest BCUT2D eigenvalue weighted by atomic mass is 10.00. The largest absolute Gasteiger partial charge is 0.321 e. The fourth-order valence-corrected chi connectivity index (χ4v) is 3.02. The average molecular weight is 347 g/mol. The Balaban J connectivity index is 1.77. The van der Waals surface area contributed by atoms with E-state index in [2.05, 4.69) is 48.6 Å². The molecule has 26 heavy (non-hydrogen) atoms. The Hall–Kier alpha value is -3.18. The van der Waals surface area contributed by atoms with Gasteiger partial charge in [0.1, 0.15) is 0 Å². The predicted octanol–water partition coefficient (Wildman–Crippen LogP) is 4.88. The van der Waals surface area contributed by atoms with Gasteiger partial charge in [-0.25, -0.2) is 5.43 Å². The van der Waals surface area contributed by atoms with E-state index in [1.165, 1.54) is 28.5 Å². The summed E-state index contributed by atoms with van der Waals surface area (Å²) in [6.07, 6.45) is 0. The molecule has 2 N–H and O–H groups in total. The summed E-state index contributed by atoms with van der Waals surface area (Å²) in [5, 5.41) is 13.4. The standard InChI is InChI=1S/C21H21N3O2/c1-14-11-12-18(24(25)26)13-21(14)16(3)23-22-15(2)19-10-6-8-17-7-4-5-9-20(17)19/h4-13,15,22-23H,3H2,1-2H3. The number of hydrazine groups is 1. The van der Waals surface area contributed by atoms with Crippen LogP contribution in [0.2, 0.25) is 0 Å². The number of hydrogen-bond donors (Lipinski definition) is 2. The summed E-state index contributed by atoms with van der Waals surface area (Å²) in [5.41, 5.74) is 9.80. The summed E-state index contributed by atoms with van der Waals surface area (Å²) in [4.78, 5) is 10.6. The fourth-order valence-electron chi connectivity index (χ4n) is 3.02. The zero-order chi connectivity index (χ0) is 18.7. The molecule has 0 fully saturated rings. The van der Waals surface area contributed by atoms with Crippen molar-refractivity contribution in [2.45, 2.75) is 19.9 Å². The first-order chi connectivity index (χ1) is 12.5. The van der Waals surface area contributed by atoms with Crippen LogP contribution >= 0.6 is 0 Å². The molecule has 3 aromatic rings. The van der Waals surface area contributed by atoms with Gasteiger partial charge in [0, 0.05) is 29.4 Å². The Morgan fingerprint density at radius 2 is 1.85 bits per heavy atom. The smallest absolute Gasteiger partial charge is 0.270 e. The molecular weight excluding hydrogens is 326 g/mol. The van der Waals surface area contributed by atoms with Crippen molar-refractivity contribution < 1.29 is 4.92 Å². The lowest BCUT2D eigenvalue weighted by Gasteiger charge is -2.20. The molecule has 0 amide bonds. The molecule has 0 heterocycles. The third-order valence-corrected chi connectivity index (χ3v) is 4.49. The van der Waals surface area contributed by atoms with E-state index in [-0.39, 0.29) is 11.7 Å². The summed E-state index contributed by atoms with van der Waals surface area (Å²) in [5.74, 6) is 0. The molecule has 0 bridgehead atoms. The molecule has 3 aromatic carbocycles. The molecule has 1 atom stereocenters. The summed E-state index contributed by atoms with van der Waals surface area (Å²) < 4.78 is 0. The third kappa shape index (κ3) is 3.58. The number of nitro benzene ring substituents is 1. The van der Waals surface area contributed by atoms with Gasteiger partial charge in [-0.1, -0.05) is 55.1 Å². The van der Waals surface area contributed by atoms with E-state index < -0.39 is 4.92 Å². The highest BCUT2D eigenvalue weighted by molar-refractivity contribution is 5.86. The van der Waals surface area contributed by atoms with Crippen molar-refractivity contribution in [3.8, 4) is 0 Å². The normalized spacial score (nSPS) is 11.9. The van der Waals surface area contributed by atoms with Gasteiger partial charge in [0.2, 0.25) is 0 Å². The zero-order valence-electron chi connectivity index (χ0n) is 14.8. The number of non-ortho nitro benzene ring substituents is 1. The molecule has 0 spiro atoms. The Bertz CT molecular complexity index is 977. The van der Waals surface area contributed by atoms with Crippen LogP contribution in [0.25, 0.3) is 16.5 Å². The van der Waals surface area contributed by atoms with Crippen LogP contribution in [0.3, 0.4) is 0 Å². The van der Waals surface area contributed by atoms with E-state index in [1.54, 1.807) is 6.07 Å². The average Bonchev–Trinajstić information content (AvgIpc) is 2.65. The van der Waals surface area contributed by atoms with E-state index in [9.17, 15) is 10.1 Å². The van der Waals surface area contributed by atoms with Crippen molar-refractivity contribution in [1.82, 2.24) is 10.9 Å². The molecule has 0 saturated heterocycles. The predicted molar refractivity (Wildman–Crippen MR) is 106 cm³/mol. The Labute approximate surface area is 152 Å². The van der Waals surface area contributed by atoms with E-state index in [4.69, 9.17) is 0 Å². The van der Waals surface area contributed by atoms with Gasteiger partial charge in [0.25, 0.3) is 5.69 Å². The Kier molecular flexibility index (Phi) is 5.00. The number of benzene rings is 3. The van der Waals surface area contributed by atoms with Crippen LogP contribution in [0.4, 0.5) is 5.69 Å². The summed E-state index contributed by atoms with van der Waals surface area (Å²) >= 11 is 0. The van der Waals surface area contributed by atoms with Crippen LogP contribution in [0.1, 0.15) is 29.7 Å². The van der Waals surface area contributed by atoms with E-state index in [1.807, 2.05) is 25.1 Å². The van der Waals surface area contributed by atoms with Crippen LogP contribution < -0.4 is 10.9 Å². The number of nitrogens with zero attached hydrogens (tertiary/aromatic N) is 1. The molecule has 5 heteroatoms. The monoisotopic (exact) mass is 347 g/mol. The van der Waals surface area contributed by atoms with Crippen LogP contribution in [-0.4, -0.2) is 4.92 Å². The van der Waals surface area contributed by atoms with Crippen molar-refractivity contribution in [2.75, 3.05) is 0 Å². The minimum atomic E-state index is -0.400. The topological polar surface area (TPSA) is 67.2 Å². The zero-order valence-corrected chi connectivity index (χ0v) is 14.8. The summed E-state index contributed by atoms with van der Waals surface area (Å²) in [6, 6.07) is 19.2. The minimum Gasteiger partial charge on any atom is -0.321 e. The second-order valence-electron chi connectivity index (χ2n) is 6.29. The van der Waals surface area contributed by atoms with Crippen molar-refractivity contribution in [3.05, 3.63) is 94.0 Å². The lowest BCUT2D eigenvalue weighted by Crippen LogP contribution is -2.32. The molecule has 0 aliphatic rings. The fraction of sp³-hybridized carbons (Fsp3) is 0.143. The van der Waals surface area contributed by atoms with Crippen LogP contribution in [0.5, 0.6) is 0 Å². The Morgan fingerprint density at radius 3 is 2.62 bits per heavy atom. The van der Waals surface area contributed by atoms with Gasteiger partial charge in [-0.3, -0.25) is 10.1 Å². The lowest BCUT2D eigenvalue weighted by molar-refractivity contribution is -0.384. The molecule has 0 saturated carbocycles. The van der Waals surface area contributed by atoms with Crippen LogP contribution in [0.15, 0.2) is 67.2 Å². The highest BCUT2D eigenvalue weighted by Gasteiger charge is 2.13. The summed E-state index contributed by atoms with van der Waals surface area (Å²) in [7, 11) is 0. The van der Waals surface area contributed by atoms with E-state index >= 15 is 0 Å². The van der Waals surface area contributed by atoms with Crippen molar-refractivity contribution in [3.63, 3.8) is 0 Å². The quantitative estimate of drug-likeness (QED) is 0.492.